The summed E-state index contributed by atoms with van der Waals surface area (Å²) in [5.74, 6) is 0.214. The summed E-state index contributed by atoms with van der Waals surface area (Å²) in [5, 5.41) is 11.8. The minimum atomic E-state index is 0.0856. The van der Waals surface area contributed by atoms with E-state index < -0.39 is 0 Å². The molecule has 3 aliphatic heterocycles. The second kappa shape index (κ2) is 3.03. The van der Waals surface area contributed by atoms with Crippen LogP contribution in [0.15, 0.2) is 0 Å². The molecule has 2 N–H and O–H groups in total. The van der Waals surface area contributed by atoms with Crippen molar-refractivity contribution >= 4 is 5.91 Å². The van der Waals surface area contributed by atoms with E-state index in [0.29, 0.717) is 19.0 Å². The van der Waals surface area contributed by atoms with Crippen LogP contribution in [0.1, 0.15) is 12.8 Å². The van der Waals surface area contributed by atoms with Crippen molar-refractivity contribution < 1.29 is 9.90 Å². The van der Waals surface area contributed by atoms with Gasteiger partial charge in [-0.25, -0.2) is 0 Å². The minimum absolute atomic E-state index is 0.0856. The quantitative estimate of drug-likeness (QED) is 0.568. The summed E-state index contributed by atoms with van der Waals surface area (Å²) in [6, 6.07) is 0.605. The van der Waals surface area contributed by atoms with Gasteiger partial charge in [0.05, 0.1) is 6.04 Å². The van der Waals surface area contributed by atoms with E-state index in [9.17, 15) is 4.79 Å². The van der Waals surface area contributed by atoms with Crippen LogP contribution in [0.25, 0.3) is 0 Å². The smallest absolute Gasteiger partial charge is 0.239 e. The Morgan fingerprint density at radius 2 is 2.42 bits per heavy atom. The van der Waals surface area contributed by atoms with Gasteiger partial charge in [-0.15, -0.1) is 0 Å². The van der Waals surface area contributed by atoms with Gasteiger partial charge in [-0.3, -0.25) is 4.79 Å². The zero-order valence-electron chi connectivity index (χ0n) is 6.99. The van der Waals surface area contributed by atoms with Crippen molar-refractivity contribution in [1.82, 2.24) is 10.2 Å². The van der Waals surface area contributed by atoms with Crippen LogP contribution in [-0.2, 0) is 4.79 Å². The second-order valence-electron chi connectivity index (χ2n) is 3.51. The van der Waals surface area contributed by atoms with Gasteiger partial charge in [0.15, 0.2) is 0 Å². The number of aliphatic hydroxyl groups excluding tert-OH is 1. The molecule has 2 bridgehead atoms. The highest BCUT2D eigenvalue weighted by atomic mass is 16.3. The largest absolute Gasteiger partial charge is 0.396 e. The Hall–Kier alpha value is -0.610. The molecule has 0 aromatic carbocycles. The number of rotatable bonds is 3. The van der Waals surface area contributed by atoms with E-state index in [4.69, 9.17) is 5.11 Å². The number of amides is 1. The molecular formula is C8H14N2O2. The Balaban J connectivity index is 1.86. The number of nitrogens with zero attached hydrogens (tertiary/aromatic N) is 1. The highest BCUT2D eigenvalue weighted by Gasteiger charge is 2.42. The molecule has 0 radical (unpaired) electrons. The summed E-state index contributed by atoms with van der Waals surface area (Å²) in [6.07, 6.45) is 1.71. The van der Waals surface area contributed by atoms with Gasteiger partial charge in [0.2, 0.25) is 5.91 Å². The van der Waals surface area contributed by atoms with Gasteiger partial charge in [0, 0.05) is 25.7 Å². The summed E-state index contributed by atoms with van der Waals surface area (Å²) in [7, 11) is 0. The van der Waals surface area contributed by atoms with Crippen LogP contribution >= 0.6 is 0 Å². The third-order valence-corrected chi connectivity index (χ3v) is 2.59. The Kier molecular flexibility index (Phi) is 2.02. The summed E-state index contributed by atoms with van der Waals surface area (Å²) >= 11 is 0. The SMILES string of the molecule is O=C1C2CC(CN1CCCO)N2. The fourth-order valence-electron chi connectivity index (χ4n) is 1.88. The van der Waals surface area contributed by atoms with Gasteiger partial charge in [0.1, 0.15) is 0 Å². The molecule has 4 nitrogen and oxygen atoms in total. The lowest BCUT2D eigenvalue weighted by atomic mass is 9.90. The summed E-state index contributed by atoms with van der Waals surface area (Å²) < 4.78 is 0. The molecule has 3 fully saturated rings. The fraction of sp³-hybridized carbons (Fsp3) is 0.875. The number of hydrogen-bond acceptors (Lipinski definition) is 3. The average Bonchev–Trinajstić information content (AvgIpc) is 2.00. The Morgan fingerprint density at radius 3 is 3.00 bits per heavy atom. The first-order valence-corrected chi connectivity index (χ1v) is 4.47. The lowest BCUT2D eigenvalue weighted by Crippen LogP contribution is -2.69. The molecule has 3 saturated heterocycles. The van der Waals surface area contributed by atoms with E-state index in [2.05, 4.69) is 5.32 Å². The molecule has 0 aromatic rings. The zero-order chi connectivity index (χ0) is 8.55. The molecule has 0 aliphatic carbocycles. The van der Waals surface area contributed by atoms with E-state index in [0.717, 1.165) is 13.0 Å². The molecule has 12 heavy (non-hydrogen) atoms. The summed E-state index contributed by atoms with van der Waals surface area (Å²) in [6.45, 7) is 1.71. The minimum Gasteiger partial charge on any atom is -0.396 e. The molecule has 4 heteroatoms. The van der Waals surface area contributed by atoms with Gasteiger partial charge in [0.25, 0.3) is 0 Å². The standard InChI is InChI=1S/C8H14N2O2/c11-3-1-2-10-5-6-4-7(9-6)8(10)12/h6-7,9,11H,1-5H2. The summed E-state index contributed by atoms with van der Waals surface area (Å²) in [4.78, 5) is 13.3. The average molecular weight is 170 g/mol. The van der Waals surface area contributed by atoms with Crippen molar-refractivity contribution in [2.75, 3.05) is 19.7 Å². The Bertz CT molecular complexity index is 189. The lowest BCUT2D eigenvalue weighted by Gasteiger charge is -2.47. The van der Waals surface area contributed by atoms with E-state index in [-0.39, 0.29) is 18.6 Å². The number of carbonyl (C=O) groups excluding carboxylic acids is 1. The van der Waals surface area contributed by atoms with Crippen molar-refractivity contribution in [1.29, 1.82) is 0 Å². The number of piperazine rings is 1. The highest BCUT2D eigenvalue weighted by molar-refractivity contribution is 5.84. The molecule has 1 amide bonds. The van der Waals surface area contributed by atoms with Crippen LogP contribution in [0, 0.1) is 0 Å². The van der Waals surface area contributed by atoms with E-state index in [1.807, 2.05) is 4.90 Å². The number of aliphatic hydroxyl groups is 1. The maximum Gasteiger partial charge on any atom is 0.239 e. The third kappa shape index (κ3) is 1.21. The molecule has 3 rings (SSSR count). The summed E-state index contributed by atoms with van der Waals surface area (Å²) in [5.41, 5.74) is 0. The van der Waals surface area contributed by atoms with Gasteiger partial charge in [-0.1, -0.05) is 0 Å². The van der Waals surface area contributed by atoms with E-state index in [1.54, 1.807) is 0 Å². The molecule has 2 atom stereocenters. The first kappa shape index (κ1) is 8.01. The lowest BCUT2D eigenvalue weighted by molar-refractivity contribution is -0.143. The van der Waals surface area contributed by atoms with Crippen LogP contribution in [0.3, 0.4) is 0 Å². The van der Waals surface area contributed by atoms with Crippen LogP contribution < -0.4 is 5.32 Å². The Morgan fingerprint density at radius 1 is 1.67 bits per heavy atom. The monoisotopic (exact) mass is 170 g/mol. The number of nitrogens with one attached hydrogen (secondary N) is 1. The van der Waals surface area contributed by atoms with Gasteiger partial charge in [-0.2, -0.15) is 0 Å². The van der Waals surface area contributed by atoms with Crippen molar-refractivity contribution in [3.8, 4) is 0 Å². The first-order chi connectivity index (χ1) is 5.81. The van der Waals surface area contributed by atoms with E-state index >= 15 is 0 Å². The molecule has 3 aliphatic rings. The van der Waals surface area contributed by atoms with Crippen molar-refractivity contribution in [3.05, 3.63) is 0 Å². The van der Waals surface area contributed by atoms with Gasteiger partial charge < -0.3 is 15.3 Å². The second-order valence-corrected chi connectivity index (χ2v) is 3.51. The number of hydrogen-bond donors (Lipinski definition) is 2. The molecule has 0 saturated carbocycles. The number of carbonyl (C=O) groups is 1. The van der Waals surface area contributed by atoms with Crippen molar-refractivity contribution in [2.45, 2.75) is 24.9 Å². The normalized spacial score (nSPS) is 33.4. The van der Waals surface area contributed by atoms with Crippen molar-refractivity contribution in [3.63, 3.8) is 0 Å². The highest BCUT2D eigenvalue weighted by Crippen LogP contribution is 2.21. The fourth-order valence-corrected chi connectivity index (χ4v) is 1.88. The topological polar surface area (TPSA) is 52.6 Å². The van der Waals surface area contributed by atoms with Crippen LogP contribution in [-0.4, -0.2) is 47.7 Å². The number of fused-ring (bicyclic) bond motifs is 2. The van der Waals surface area contributed by atoms with Crippen LogP contribution in [0.2, 0.25) is 0 Å². The number of piperidine rings is 1. The van der Waals surface area contributed by atoms with Crippen LogP contribution in [0.5, 0.6) is 0 Å². The maximum atomic E-state index is 11.5. The predicted molar refractivity (Wildman–Crippen MR) is 43.6 cm³/mol. The zero-order valence-corrected chi connectivity index (χ0v) is 6.99. The van der Waals surface area contributed by atoms with Gasteiger partial charge in [-0.05, 0) is 12.8 Å². The van der Waals surface area contributed by atoms with Crippen LogP contribution in [0.4, 0.5) is 0 Å². The third-order valence-electron chi connectivity index (χ3n) is 2.59. The molecule has 3 heterocycles. The molecule has 68 valence electrons. The molecular weight excluding hydrogens is 156 g/mol. The first-order valence-electron chi connectivity index (χ1n) is 4.47. The molecule has 0 aromatic heterocycles. The maximum absolute atomic E-state index is 11.5. The molecule has 2 unspecified atom stereocenters. The van der Waals surface area contributed by atoms with Crippen molar-refractivity contribution in [2.24, 2.45) is 0 Å². The Labute approximate surface area is 71.5 Å². The predicted octanol–water partition coefficient (Wildman–Crippen LogP) is -1.06. The molecule has 0 spiro atoms. The van der Waals surface area contributed by atoms with E-state index in [1.165, 1.54) is 0 Å². The van der Waals surface area contributed by atoms with Gasteiger partial charge >= 0.3 is 0 Å².